The molecule has 3 heteroatoms. The molecule has 1 rings (SSSR count). The van der Waals surface area contributed by atoms with E-state index in [0.29, 0.717) is 10.0 Å². The Balaban J connectivity index is 2.27. The fourth-order valence-corrected chi connectivity index (χ4v) is 2.36. The molecule has 1 atom stereocenters. The van der Waals surface area contributed by atoms with Crippen LogP contribution < -0.4 is 5.73 Å². The molecule has 18 heavy (non-hydrogen) atoms. The summed E-state index contributed by atoms with van der Waals surface area (Å²) in [7, 11) is 0. The van der Waals surface area contributed by atoms with E-state index in [4.69, 9.17) is 28.9 Å². The van der Waals surface area contributed by atoms with Crippen LogP contribution in [0.4, 0.5) is 0 Å². The lowest BCUT2D eigenvalue weighted by atomic mass is 10.0. The fourth-order valence-electron chi connectivity index (χ4n) is 2.05. The highest BCUT2D eigenvalue weighted by Gasteiger charge is 2.07. The van der Waals surface area contributed by atoms with Gasteiger partial charge in [-0.3, -0.25) is 0 Å². The normalized spacial score (nSPS) is 12.7. The third-order valence-electron chi connectivity index (χ3n) is 3.24. The largest absolute Gasteiger partial charge is 0.324 e. The summed E-state index contributed by atoms with van der Waals surface area (Å²) in [6, 6.07) is 5.74. The van der Waals surface area contributed by atoms with Crippen LogP contribution in [0.5, 0.6) is 0 Å². The van der Waals surface area contributed by atoms with Gasteiger partial charge in [0.1, 0.15) is 0 Å². The van der Waals surface area contributed by atoms with E-state index < -0.39 is 0 Å². The molecule has 1 aromatic rings. The summed E-state index contributed by atoms with van der Waals surface area (Å²) in [5.74, 6) is 0. The van der Waals surface area contributed by atoms with Gasteiger partial charge in [0.2, 0.25) is 0 Å². The summed E-state index contributed by atoms with van der Waals surface area (Å²) < 4.78 is 0. The van der Waals surface area contributed by atoms with Crippen molar-refractivity contribution < 1.29 is 0 Å². The van der Waals surface area contributed by atoms with Gasteiger partial charge in [-0.2, -0.15) is 0 Å². The standard InChI is InChI=1S/C15H23Cl2N/c1-2-3-4-5-6-7-8-15(18)12-9-10-13(16)14(17)11-12/h9-11,15H,2-8,18H2,1H3. The number of hydrogen-bond acceptors (Lipinski definition) is 1. The van der Waals surface area contributed by atoms with Gasteiger partial charge in [0, 0.05) is 6.04 Å². The molecule has 0 radical (unpaired) electrons. The molecule has 0 fully saturated rings. The van der Waals surface area contributed by atoms with Crippen LogP contribution in [0.3, 0.4) is 0 Å². The highest BCUT2D eigenvalue weighted by Crippen LogP contribution is 2.26. The second-order valence-electron chi connectivity index (χ2n) is 4.84. The lowest BCUT2D eigenvalue weighted by molar-refractivity contribution is 0.547. The van der Waals surface area contributed by atoms with Gasteiger partial charge in [-0.15, -0.1) is 0 Å². The number of nitrogens with two attached hydrogens (primary N) is 1. The molecule has 0 aliphatic carbocycles. The molecule has 2 N–H and O–H groups in total. The molecule has 0 saturated carbocycles. The Morgan fingerprint density at radius 1 is 1.00 bits per heavy atom. The average molecular weight is 288 g/mol. The smallest absolute Gasteiger partial charge is 0.0595 e. The van der Waals surface area contributed by atoms with Crippen LogP contribution in [-0.2, 0) is 0 Å². The van der Waals surface area contributed by atoms with Gasteiger partial charge in [-0.25, -0.2) is 0 Å². The zero-order chi connectivity index (χ0) is 13.4. The Bertz CT molecular complexity index is 352. The van der Waals surface area contributed by atoms with E-state index in [1.165, 1.54) is 38.5 Å². The van der Waals surface area contributed by atoms with Gasteiger partial charge in [-0.05, 0) is 24.1 Å². The molecule has 0 aromatic heterocycles. The number of benzene rings is 1. The predicted octanol–water partition coefficient (Wildman–Crippen LogP) is 5.74. The first kappa shape index (κ1) is 15.8. The van der Waals surface area contributed by atoms with E-state index in [1.54, 1.807) is 0 Å². The predicted molar refractivity (Wildman–Crippen MR) is 81.4 cm³/mol. The Morgan fingerprint density at radius 3 is 2.33 bits per heavy atom. The van der Waals surface area contributed by atoms with Crippen molar-refractivity contribution in [1.29, 1.82) is 0 Å². The van der Waals surface area contributed by atoms with Gasteiger partial charge in [0.15, 0.2) is 0 Å². The van der Waals surface area contributed by atoms with Crippen molar-refractivity contribution >= 4 is 23.2 Å². The Morgan fingerprint density at radius 2 is 1.67 bits per heavy atom. The minimum absolute atomic E-state index is 0.0749. The van der Waals surface area contributed by atoms with E-state index >= 15 is 0 Å². The summed E-state index contributed by atoms with van der Waals surface area (Å²) in [5, 5.41) is 1.18. The van der Waals surface area contributed by atoms with E-state index in [-0.39, 0.29) is 6.04 Å². The SMILES string of the molecule is CCCCCCCCC(N)c1ccc(Cl)c(Cl)c1. The van der Waals surface area contributed by atoms with Crippen LogP contribution in [0.1, 0.15) is 63.5 Å². The molecule has 1 nitrogen and oxygen atoms in total. The third kappa shape index (κ3) is 5.60. The molecule has 0 saturated heterocycles. The van der Waals surface area contributed by atoms with Crippen LogP contribution in [0.25, 0.3) is 0 Å². The number of halogens is 2. The van der Waals surface area contributed by atoms with E-state index in [9.17, 15) is 0 Å². The zero-order valence-corrected chi connectivity index (χ0v) is 12.6. The fraction of sp³-hybridized carbons (Fsp3) is 0.600. The van der Waals surface area contributed by atoms with Crippen LogP contribution in [0.15, 0.2) is 18.2 Å². The van der Waals surface area contributed by atoms with Crippen molar-refractivity contribution in [3.63, 3.8) is 0 Å². The van der Waals surface area contributed by atoms with Crippen LogP contribution in [-0.4, -0.2) is 0 Å². The zero-order valence-electron chi connectivity index (χ0n) is 11.1. The Labute approximate surface area is 121 Å². The van der Waals surface area contributed by atoms with Crippen LogP contribution >= 0.6 is 23.2 Å². The minimum Gasteiger partial charge on any atom is -0.324 e. The van der Waals surface area contributed by atoms with E-state index in [1.807, 2.05) is 18.2 Å². The van der Waals surface area contributed by atoms with Crippen molar-refractivity contribution in [1.82, 2.24) is 0 Å². The minimum atomic E-state index is 0.0749. The molecule has 0 aliphatic heterocycles. The third-order valence-corrected chi connectivity index (χ3v) is 3.98. The molecule has 0 heterocycles. The van der Waals surface area contributed by atoms with Crippen LogP contribution in [0, 0.1) is 0 Å². The summed E-state index contributed by atoms with van der Waals surface area (Å²) in [5.41, 5.74) is 7.23. The van der Waals surface area contributed by atoms with Crippen molar-refractivity contribution in [3.8, 4) is 0 Å². The van der Waals surface area contributed by atoms with Crippen molar-refractivity contribution in [2.24, 2.45) is 5.73 Å². The summed E-state index contributed by atoms with van der Waals surface area (Å²) in [6.45, 7) is 2.24. The van der Waals surface area contributed by atoms with Crippen LogP contribution in [0.2, 0.25) is 10.0 Å². The Kier molecular flexibility index (Phi) is 7.73. The maximum absolute atomic E-state index is 6.15. The molecule has 0 aliphatic rings. The monoisotopic (exact) mass is 287 g/mol. The quantitative estimate of drug-likeness (QED) is 0.606. The summed E-state index contributed by atoms with van der Waals surface area (Å²) in [4.78, 5) is 0. The topological polar surface area (TPSA) is 26.0 Å². The molecule has 0 bridgehead atoms. The van der Waals surface area contributed by atoms with Crippen molar-refractivity contribution in [2.45, 2.75) is 57.9 Å². The molecular weight excluding hydrogens is 265 g/mol. The molecule has 1 unspecified atom stereocenters. The average Bonchev–Trinajstić information content (AvgIpc) is 2.36. The lowest BCUT2D eigenvalue weighted by Crippen LogP contribution is -2.10. The molecular formula is C15H23Cl2N. The lowest BCUT2D eigenvalue weighted by Gasteiger charge is -2.12. The maximum atomic E-state index is 6.15. The first-order chi connectivity index (χ1) is 8.65. The van der Waals surface area contributed by atoms with Gasteiger partial charge in [0.25, 0.3) is 0 Å². The first-order valence-corrected chi connectivity index (χ1v) is 7.61. The van der Waals surface area contributed by atoms with Crippen molar-refractivity contribution in [3.05, 3.63) is 33.8 Å². The highest BCUT2D eigenvalue weighted by atomic mass is 35.5. The first-order valence-electron chi connectivity index (χ1n) is 6.85. The van der Waals surface area contributed by atoms with Crippen molar-refractivity contribution in [2.75, 3.05) is 0 Å². The Hall–Kier alpha value is -0.240. The molecule has 102 valence electrons. The number of unbranched alkanes of at least 4 members (excludes halogenated alkanes) is 5. The van der Waals surface area contributed by atoms with Gasteiger partial charge < -0.3 is 5.73 Å². The molecule has 0 spiro atoms. The van der Waals surface area contributed by atoms with Gasteiger partial charge in [0.05, 0.1) is 10.0 Å². The molecule has 0 amide bonds. The highest BCUT2D eigenvalue weighted by molar-refractivity contribution is 6.42. The number of hydrogen-bond donors (Lipinski definition) is 1. The number of rotatable bonds is 8. The molecule has 1 aromatic carbocycles. The van der Waals surface area contributed by atoms with E-state index in [2.05, 4.69) is 6.92 Å². The second-order valence-corrected chi connectivity index (χ2v) is 5.65. The second kappa shape index (κ2) is 8.79. The summed E-state index contributed by atoms with van der Waals surface area (Å²) >= 11 is 11.9. The summed E-state index contributed by atoms with van der Waals surface area (Å²) in [6.07, 6.45) is 8.78. The van der Waals surface area contributed by atoms with E-state index in [0.717, 1.165) is 12.0 Å². The maximum Gasteiger partial charge on any atom is 0.0595 e. The van der Waals surface area contributed by atoms with Gasteiger partial charge >= 0.3 is 0 Å². The van der Waals surface area contributed by atoms with Gasteiger partial charge in [-0.1, -0.05) is 74.7 Å².